The molecule has 2 N–H and O–H groups in total. The topological polar surface area (TPSA) is 58.2 Å². The van der Waals surface area contributed by atoms with Gasteiger partial charge in [-0.2, -0.15) is 0 Å². The van der Waals surface area contributed by atoms with Crippen LogP contribution in [0.5, 0.6) is 0 Å². The van der Waals surface area contributed by atoms with Gasteiger partial charge in [-0.3, -0.25) is 9.59 Å². The highest BCUT2D eigenvalue weighted by molar-refractivity contribution is 14.1. The average molecular weight is 470 g/mol. The number of aryl methyl sites for hydroxylation is 2. The van der Waals surface area contributed by atoms with E-state index in [1.54, 1.807) is 24.3 Å². The van der Waals surface area contributed by atoms with Crippen molar-refractivity contribution in [1.29, 1.82) is 0 Å². The Labute approximate surface area is 172 Å². The Hall–Kier alpha value is -2.67. The summed E-state index contributed by atoms with van der Waals surface area (Å²) in [5.41, 5.74) is 4.63. The first-order valence-corrected chi connectivity index (χ1v) is 9.56. The molecule has 0 aliphatic heterocycles. The van der Waals surface area contributed by atoms with Gasteiger partial charge in [0.1, 0.15) is 0 Å². The summed E-state index contributed by atoms with van der Waals surface area (Å²) in [6.07, 6.45) is 0. The molecule has 3 aromatic carbocycles. The van der Waals surface area contributed by atoms with Gasteiger partial charge < -0.3 is 10.6 Å². The SMILES string of the molecule is Cc1ccc(C(=O)Nc2ccc(NC(=O)c3ccccc3)c(C)c2)cc1I. The number of nitrogens with one attached hydrogen (secondary N) is 2. The van der Waals surface area contributed by atoms with Gasteiger partial charge in [-0.1, -0.05) is 24.3 Å². The molecular weight excluding hydrogens is 451 g/mol. The van der Waals surface area contributed by atoms with Crippen LogP contribution in [0.15, 0.2) is 66.7 Å². The molecular formula is C22H19IN2O2. The van der Waals surface area contributed by atoms with Crippen molar-refractivity contribution in [3.63, 3.8) is 0 Å². The summed E-state index contributed by atoms with van der Waals surface area (Å²) in [4.78, 5) is 24.7. The van der Waals surface area contributed by atoms with Crippen molar-refractivity contribution in [2.45, 2.75) is 13.8 Å². The average Bonchev–Trinajstić information content (AvgIpc) is 2.66. The Morgan fingerprint density at radius 1 is 0.741 bits per heavy atom. The zero-order valence-electron chi connectivity index (χ0n) is 15.0. The lowest BCUT2D eigenvalue weighted by Crippen LogP contribution is -2.14. The maximum Gasteiger partial charge on any atom is 0.255 e. The molecule has 0 radical (unpaired) electrons. The number of benzene rings is 3. The Morgan fingerprint density at radius 2 is 1.44 bits per heavy atom. The summed E-state index contributed by atoms with van der Waals surface area (Å²) >= 11 is 2.22. The number of hydrogen-bond acceptors (Lipinski definition) is 2. The zero-order chi connectivity index (χ0) is 19.4. The van der Waals surface area contributed by atoms with Crippen LogP contribution in [-0.4, -0.2) is 11.8 Å². The summed E-state index contributed by atoms with van der Waals surface area (Å²) in [5, 5.41) is 5.80. The van der Waals surface area contributed by atoms with Gasteiger partial charge in [0.25, 0.3) is 11.8 Å². The Balaban J connectivity index is 1.71. The minimum absolute atomic E-state index is 0.159. The number of hydrogen-bond donors (Lipinski definition) is 2. The van der Waals surface area contributed by atoms with Crippen LogP contribution in [0.4, 0.5) is 11.4 Å². The summed E-state index contributed by atoms with van der Waals surface area (Å²) in [6, 6.07) is 20.1. The molecule has 136 valence electrons. The smallest absolute Gasteiger partial charge is 0.255 e. The van der Waals surface area contributed by atoms with E-state index in [-0.39, 0.29) is 11.8 Å². The number of rotatable bonds is 4. The Bertz CT molecular complexity index is 1000. The van der Waals surface area contributed by atoms with Crippen LogP contribution < -0.4 is 10.6 Å². The molecule has 0 aliphatic carbocycles. The molecule has 3 rings (SSSR count). The minimum atomic E-state index is -0.162. The highest BCUT2D eigenvalue weighted by Crippen LogP contribution is 2.22. The van der Waals surface area contributed by atoms with E-state index in [0.717, 1.165) is 14.7 Å². The number of anilines is 2. The van der Waals surface area contributed by atoms with Crippen molar-refractivity contribution >= 4 is 45.8 Å². The normalized spacial score (nSPS) is 10.3. The first-order chi connectivity index (χ1) is 12.9. The molecule has 4 nitrogen and oxygen atoms in total. The van der Waals surface area contributed by atoms with Crippen LogP contribution in [0.3, 0.4) is 0 Å². The lowest BCUT2D eigenvalue weighted by molar-refractivity contribution is 0.101. The molecule has 0 heterocycles. The van der Waals surface area contributed by atoms with Crippen molar-refractivity contribution in [1.82, 2.24) is 0 Å². The van der Waals surface area contributed by atoms with Crippen LogP contribution >= 0.6 is 22.6 Å². The van der Waals surface area contributed by atoms with Crippen LogP contribution in [0.25, 0.3) is 0 Å². The molecule has 0 saturated heterocycles. The monoisotopic (exact) mass is 470 g/mol. The third-order valence-electron chi connectivity index (χ3n) is 4.20. The summed E-state index contributed by atoms with van der Waals surface area (Å²) in [6.45, 7) is 3.90. The second-order valence-electron chi connectivity index (χ2n) is 6.27. The molecule has 2 amide bonds. The van der Waals surface area contributed by atoms with Crippen molar-refractivity contribution in [3.05, 3.63) is 92.6 Å². The summed E-state index contributed by atoms with van der Waals surface area (Å²) in [7, 11) is 0. The molecule has 0 atom stereocenters. The fourth-order valence-electron chi connectivity index (χ4n) is 2.60. The number of carbonyl (C=O) groups is 2. The highest BCUT2D eigenvalue weighted by Gasteiger charge is 2.10. The van der Waals surface area contributed by atoms with Crippen LogP contribution in [-0.2, 0) is 0 Å². The van der Waals surface area contributed by atoms with E-state index >= 15 is 0 Å². The van der Waals surface area contributed by atoms with E-state index in [1.165, 1.54) is 0 Å². The van der Waals surface area contributed by atoms with Gasteiger partial charge in [-0.25, -0.2) is 0 Å². The summed E-state index contributed by atoms with van der Waals surface area (Å²) < 4.78 is 1.05. The Kier molecular flexibility index (Phi) is 5.91. The fourth-order valence-corrected chi connectivity index (χ4v) is 3.12. The predicted octanol–water partition coefficient (Wildman–Crippen LogP) is 5.41. The number of amides is 2. The lowest BCUT2D eigenvalue weighted by Gasteiger charge is -2.12. The second-order valence-corrected chi connectivity index (χ2v) is 7.43. The molecule has 0 saturated carbocycles. The molecule has 0 fully saturated rings. The van der Waals surface area contributed by atoms with E-state index in [2.05, 4.69) is 33.2 Å². The largest absolute Gasteiger partial charge is 0.322 e. The fraction of sp³-hybridized carbons (Fsp3) is 0.0909. The van der Waals surface area contributed by atoms with Gasteiger partial charge in [0, 0.05) is 26.1 Å². The van der Waals surface area contributed by atoms with Gasteiger partial charge >= 0.3 is 0 Å². The minimum Gasteiger partial charge on any atom is -0.322 e. The standard InChI is InChI=1S/C22H19IN2O2/c1-14-8-9-17(13-19(14)23)22(27)24-18-10-11-20(15(2)12-18)25-21(26)16-6-4-3-5-7-16/h3-13H,1-2H3,(H,24,27)(H,25,26). The summed E-state index contributed by atoms with van der Waals surface area (Å²) in [5.74, 6) is -0.321. The third-order valence-corrected chi connectivity index (χ3v) is 5.36. The van der Waals surface area contributed by atoms with Crippen molar-refractivity contribution in [2.24, 2.45) is 0 Å². The third kappa shape index (κ3) is 4.74. The van der Waals surface area contributed by atoms with Crippen LogP contribution in [0.2, 0.25) is 0 Å². The lowest BCUT2D eigenvalue weighted by atomic mass is 10.1. The molecule has 0 spiro atoms. The molecule has 3 aromatic rings. The van der Waals surface area contributed by atoms with E-state index in [9.17, 15) is 9.59 Å². The van der Waals surface area contributed by atoms with E-state index in [4.69, 9.17) is 0 Å². The van der Waals surface area contributed by atoms with Gasteiger partial charge in [0.15, 0.2) is 0 Å². The molecule has 0 aliphatic rings. The molecule has 5 heteroatoms. The van der Waals surface area contributed by atoms with Crippen molar-refractivity contribution in [2.75, 3.05) is 10.6 Å². The van der Waals surface area contributed by atoms with Crippen LogP contribution in [0, 0.1) is 17.4 Å². The number of carbonyl (C=O) groups excluding carboxylic acids is 2. The van der Waals surface area contributed by atoms with Gasteiger partial charge in [-0.15, -0.1) is 0 Å². The second kappa shape index (κ2) is 8.35. The quantitative estimate of drug-likeness (QED) is 0.501. The van der Waals surface area contributed by atoms with Gasteiger partial charge in [0.05, 0.1) is 0 Å². The van der Waals surface area contributed by atoms with E-state index in [0.29, 0.717) is 22.5 Å². The van der Waals surface area contributed by atoms with Crippen LogP contribution in [0.1, 0.15) is 31.8 Å². The first-order valence-electron chi connectivity index (χ1n) is 8.48. The Morgan fingerprint density at radius 3 is 2.11 bits per heavy atom. The predicted molar refractivity (Wildman–Crippen MR) is 117 cm³/mol. The molecule has 0 bridgehead atoms. The van der Waals surface area contributed by atoms with Crippen molar-refractivity contribution < 1.29 is 9.59 Å². The van der Waals surface area contributed by atoms with Gasteiger partial charge in [0.2, 0.25) is 0 Å². The van der Waals surface area contributed by atoms with E-state index in [1.807, 2.05) is 56.3 Å². The van der Waals surface area contributed by atoms with Gasteiger partial charge in [-0.05, 0) is 90.0 Å². The van der Waals surface area contributed by atoms with Crippen molar-refractivity contribution in [3.8, 4) is 0 Å². The highest BCUT2D eigenvalue weighted by atomic mass is 127. The number of halogens is 1. The maximum atomic E-state index is 12.5. The maximum absolute atomic E-state index is 12.5. The first kappa shape index (κ1) is 19.1. The molecule has 0 aromatic heterocycles. The molecule has 27 heavy (non-hydrogen) atoms. The molecule has 0 unspecified atom stereocenters. The van der Waals surface area contributed by atoms with E-state index < -0.39 is 0 Å². The zero-order valence-corrected chi connectivity index (χ0v) is 17.2.